The second kappa shape index (κ2) is 9.88. The summed E-state index contributed by atoms with van der Waals surface area (Å²) in [5.41, 5.74) is 3.42. The SMILES string of the molecule is NN=CNc1cccc(C(=O)Nc2ccc(CC(C(=O)O)c3ccccc3)cc2)c1. The van der Waals surface area contributed by atoms with Crippen molar-refractivity contribution in [3.05, 3.63) is 95.6 Å². The van der Waals surface area contributed by atoms with Crippen LogP contribution in [0.2, 0.25) is 0 Å². The van der Waals surface area contributed by atoms with Crippen molar-refractivity contribution >= 4 is 29.6 Å². The van der Waals surface area contributed by atoms with E-state index in [-0.39, 0.29) is 5.91 Å². The number of carbonyl (C=O) groups excluding carboxylic acids is 1. The molecule has 0 aliphatic heterocycles. The van der Waals surface area contributed by atoms with Crippen molar-refractivity contribution in [3.8, 4) is 0 Å². The third kappa shape index (κ3) is 5.45. The molecule has 0 aliphatic carbocycles. The molecule has 1 unspecified atom stereocenters. The lowest BCUT2D eigenvalue weighted by Gasteiger charge is -2.13. The normalized spacial score (nSPS) is 11.7. The van der Waals surface area contributed by atoms with E-state index >= 15 is 0 Å². The van der Waals surface area contributed by atoms with Crippen LogP contribution in [0, 0.1) is 0 Å². The third-order valence-corrected chi connectivity index (χ3v) is 4.58. The van der Waals surface area contributed by atoms with Crippen molar-refractivity contribution in [1.82, 2.24) is 0 Å². The van der Waals surface area contributed by atoms with Gasteiger partial charge in [0.2, 0.25) is 0 Å². The molecule has 152 valence electrons. The van der Waals surface area contributed by atoms with Crippen LogP contribution >= 0.6 is 0 Å². The highest BCUT2D eigenvalue weighted by molar-refractivity contribution is 6.05. The number of nitrogens with zero attached hydrogens (tertiary/aromatic N) is 1. The van der Waals surface area contributed by atoms with E-state index in [2.05, 4.69) is 15.7 Å². The minimum absolute atomic E-state index is 0.260. The molecule has 0 fully saturated rings. The van der Waals surface area contributed by atoms with E-state index in [1.54, 1.807) is 36.4 Å². The number of carboxylic acids is 1. The summed E-state index contributed by atoms with van der Waals surface area (Å²) in [7, 11) is 0. The highest BCUT2D eigenvalue weighted by Crippen LogP contribution is 2.22. The number of hydrogen-bond donors (Lipinski definition) is 4. The monoisotopic (exact) mass is 402 g/mol. The van der Waals surface area contributed by atoms with Crippen molar-refractivity contribution < 1.29 is 14.7 Å². The maximum Gasteiger partial charge on any atom is 0.311 e. The van der Waals surface area contributed by atoms with Crippen molar-refractivity contribution in [2.45, 2.75) is 12.3 Å². The maximum atomic E-state index is 12.5. The van der Waals surface area contributed by atoms with Crippen LogP contribution in [0.25, 0.3) is 0 Å². The predicted octanol–water partition coefficient (Wildman–Crippen LogP) is 3.66. The van der Waals surface area contributed by atoms with Crippen LogP contribution in [-0.4, -0.2) is 23.3 Å². The fourth-order valence-corrected chi connectivity index (χ4v) is 3.06. The average molecular weight is 402 g/mol. The molecule has 30 heavy (non-hydrogen) atoms. The molecule has 1 amide bonds. The molecule has 1 atom stereocenters. The topological polar surface area (TPSA) is 117 Å². The highest BCUT2D eigenvalue weighted by Gasteiger charge is 2.20. The Morgan fingerprint density at radius 2 is 1.70 bits per heavy atom. The molecule has 0 aromatic heterocycles. The average Bonchev–Trinajstić information content (AvgIpc) is 2.77. The van der Waals surface area contributed by atoms with Gasteiger partial charge in [0.05, 0.1) is 5.92 Å². The second-order valence-electron chi connectivity index (χ2n) is 6.66. The summed E-state index contributed by atoms with van der Waals surface area (Å²) in [5, 5.41) is 18.6. The Labute approximate surface area is 174 Å². The highest BCUT2D eigenvalue weighted by atomic mass is 16.4. The quantitative estimate of drug-likeness (QED) is 0.199. The Kier molecular flexibility index (Phi) is 6.78. The summed E-state index contributed by atoms with van der Waals surface area (Å²) in [6, 6.07) is 23.3. The first kappa shape index (κ1) is 20.6. The van der Waals surface area contributed by atoms with Crippen molar-refractivity contribution in [2.75, 3.05) is 10.6 Å². The number of carbonyl (C=O) groups is 2. The van der Waals surface area contributed by atoms with Gasteiger partial charge in [0.15, 0.2) is 0 Å². The number of carboxylic acid groups (broad SMARTS) is 1. The smallest absolute Gasteiger partial charge is 0.311 e. The summed E-state index contributed by atoms with van der Waals surface area (Å²) < 4.78 is 0. The van der Waals surface area contributed by atoms with Gasteiger partial charge in [0, 0.05) is 16.9 Å². The van der Waals surface area contributed by atoms with Gasteiger partial charge in [-0.15, -0.1) is 0 Å². The van der Waals surface area contributed by atoms with Gasteiger partial charge in [-0.2, -0.15) is 5.10 Å². The Hall–Kier alpha value is -4.13. The van der Waals surface area contributed by atoms with Gasteiger partial charge >= 0.3 is 5.97 Å². The zero-order valence-corrected chi connectivity index (χ0v) is 16.2. The summed E-state index contributed by atoms with van der Waals surface area (Å²) in [4.78, 5) is 24.2. The number of anilines is 2. The molecule has 0 saturated heterocycles. The summed E-state index contributed by atoms with van der Waals surface area (Å²) >= 11 is 0. The van der Waals surface area contributed by atoms with E-state index < -0.39 is 11.9 Å². The molecule has 3 aromatic rings. The van der Waals surface area contributed by atoms with Crippen LogP contribution in [0.5, 0.6) is 0 Å². The van der Waals surface area contributed by atoms with Crippen LogP contribution < -0.4 is 16.5 Å². The third-order valence-electron chi connectivity index (χ3n) is 4.58. The van der Waals surface area contributed by atoms with Gasteiger partial charge < -0.3 is 21.6 Å². The maximum absolute atomic E-state index is 12.5. The lowest BCUT2D eigenvalue weighted by atomic mass is 9.92. The van der Waals surface area contributed by atoms with Crippen LogP contribution in [-0.2, 0) is 11.2 Å². The van der Waals surface area contributed by atoms with Crippen LogP contribution in [0.15, 0.2) is 84.0 Å². The molecule has 0 heterocycles. The van der Waals surface area contributed by atoms with E-state index in [1.807, 2.05) is 42.5 Å². The number of rotatable bonds is 8. The summed E-state index contributed by atoms with van der Waals surface area (Å²) in [6.45, 7) is 0. The largest absolute Gasteiger partial charge is 0.481 e. The Balaban J connectivity index is 1.67. The molecule has 7 heteroatoms. The first-order valence-corrected chi connectivity index (χ1v) is 9.33. The molecule has 5 N–H and O–H groups in total. The van der Waals surface area contributed by atoms with Gasteiger partial charge in [0.25, 0.3) is 5.91 Å². The minimum Gasteiger partial charge on any atom is -0.481 e. The fourth-order valence-electron chi connectivity index (χ4n) is 3.06. The molecule has 0 spiro atoms. The molecule has 0 aliphatic rings. The van der Waals surface area contributed by atoms with E-state index in [9.17, 15) is 14.7 Å². The van der Waals surface area contributed by atoms with Crippen LogP contribution in [0.4, 0.5) is 11.4 Å². The fraction of sp³-hybridized carbons (Fsp3) is 0.0870. The van der Waals surface area contributed by atoms with Crippen LogP contribution in [0.1, 0.15) is 27.4 Å². The number of amides is 1. The summed E-state index contributed by atoms with van der Waals surface area (Å²) in [5.74, 6) is 3.31. The predicted molar refractivity (Wildman–Crippen MR) is 118 cm³/mol. The molecule has 3 aromatic carbocycles. The molecular formula is C23H22N4O3. The van der Waals surface area contributed by atoms with Crippen molar-refractivity contribution in [2.24, 2.45) is 10.9 Å². The number of hydrogen-bond acceptors (Lipinski definition) is 4. The minimum atomic E-state index is -0.869. The van der Waals surface area contributed by atoms with E-state index in [0.29, 0.717) is 23.4 Å². The van der Waals surface area contributed by atoms with Gasteiger partial charge in [0.1, 0.15) is 6.34 Å². The van der Waals surface area contributed by atoms with Gasteiger partial charge in [-0.05, 0) is 47.9 Å². The number of hydrazone groups is 1. The molecule has 7 nitrogen and oxygen atoms in total. The van der Waals surface area contributed by atoms with Gasteiger partial charge in [-0.1, -0.05) is 48.5 Å². The first-order chi connectivity index (χ1) is 14.6. The van der Waals surface area contributed by atoms with Crippen molar-refractivity contribution in [1.29, 1.82) is 0 Å². The van der Waals surface area contributed by atoms with Gasteiger partial charge in [-0.25, -0.2) is 0 Å². The number of benzene rings is 3. The Bertz CT molecular complexity index is 1030. The molecule has 0 radical (unpaired) electrons. The Morgan fingerprint density at radius 3 is 2.37 bits per heavy atom. The lowest BCUT2D eigenvalue weighted by molar-refractivity contribution is -0.138. The van der Waals surface area contributed by atoms with Crippen molar-refractivity contribution in [3.63, 3.8) is 0 Å². The molecule has 0 saturated carbocycles. The van der Waals surface area contributed by atoms with E-state index in [1.165, 1.54) is 6.34 Å². The number of nitrogens with two attached hydrogens (primary N) is 1. The molecular weight excluding hydrogens is 380 g/mol. The lowest BCUT2D eigenvalue weighted by Crippen LogP contribution is -2.15. The van der Waals surface area contributed by atoms with E-state index in [0.717, 1.165) is 11.1 Å². The summed E-state index contributed by atoms with van der Waals surface area (Å²) in [6.07, 6.45) is 1.69. The Morgan fingerprint density at radius 1 is 0.967 bits per heavy atom. The molecule has 0 bridgehead atoms. The zero-order chi connectivity index (χ0) is 21.3. The molecule has 3 rings (SSSR count). The number of aliphatic carboxylic acids is 1. The zero-order valence-electron chi connectivity index (χ0n) is 16.2. The van der Waals surface area contributed by atoms with Gasteiger partial charge in [-0.3, -0.25) is 9.59 Å². The number of nitrogens with one attached hydrogen (secondary N) is 2. The first-order valence-electron chi connectivity index (χ1n) is 9.33. The van der Waals surface area contributed by atoms with E-state index in [4.69, 9.17) is 5.84 Å². The standard InChI is InChI=1S/C23H22N4O3/c24-26-15-25-20-8-4-7-18(14-20)22(28)27-19-11-9-16(10-12-19)13-21(23(29)30)17-5-2-1-3-6-17/h1-12,14-15,21H,13,24H2,(H,25,26)(H,27,28)(H,29,30). The van der Waals surface area contributed by atoms with Crippen LogP contribution in [0.3, 0.4) is 0 Å². The second-order valence-corrected chi connectivity index (χ2v) is 6.66.